The van der Waals surface area contributed by atoms with Gasteiger partial charge in [-0.1, -0.05) is 35.9 Å². The largest absolute Gasteiger partial charge is 0.350 e. The molecule has 27 heavy (non-hydrogen) atoms. The molecule has 0 fully saturated rings. The van der Waals surface area contributed by atoms with E-state index in [1.807, 2.05) is 13.0 Å². The minimum absolute atomic E-state index is 0.112. The standard InChI is InChI=1S/C20H18FNO3S2/c1-14-4-2-5-16(12-14)20(23)22-13-18(15-7-9-17(21)10-8-15)27(24,25)19-6-3-11-26-19/h2-12,18H,13H2,1H3,(H,22,23)/t18-/m1/s1. The summed E-state index contributed by atoms with van der Waals surface area (Å²) in [5.41, 5.74) is 1.82. The van der Waals surface area contributed by atoms with Gasteiger partial charge in [-0.15, -0.1) is 11.3 Å². The zero-order chi connectivity index (χ0) is 19.4. The van der Waals surface area contributed by atoms with E-state index in [9.17, 15) is 17.6 Å². The SMILES string of the molecule is Cc1cccc(C(=O)NC[C@H](c2ccc(F)cc2)S(=O)(=O)c2cccs2)c1. The van der Waals surface area contributed by atoms with E-state index in [0.717, 1.165) is 16.9 Å². The normalized spacial score (nSPS) is 12.5. The molecule has 4 nitrogen and oxygen atoms in total. The maximum absolute atomic E-state index is 13.3. The first-order valence-electron chi connectivity index (χ1n) is 8.25. The Morgan fingerprint density at radius 1 is 1.11 bits per heavy atom. The van der Waals surface area contributed by atoms with E-state index in [2.05, 4.69) is 5.32 Å². The summed E-state index contributed by atoms with van der Waals surface area (Å²) < 4.78 is 39.6. The molecule has 0 aliphatic rings. The molecule has 1 aromatic heterocycles. The third kappa shape index (κ3) is 4.43. The molecule has 0 saturated heterocycles. The molecular formula is C20H18FNO3S2. The van der Waals surface area contributed by atoms with E-state index in [1.165, 1.54) is 30.3 Å². The summed E-state index contributed by atoms with van der Waals surface area (Å²) in [5.74, 6) is -0.804. The topological polar surface area (TPSA) is 63.2 Å². The van der Waals surface area contributed by atoms with Crippen molar-refractivity contribution in [3.63, 3.8) is 0 Å². The van der Waals surface area contributed by atoms with Gasteiger partial charge in [-0.3, -0.25) is 4.79 Å². The Morgan fingerprint density at radius 3 is 2.48 bits per heavy atom. The predicted octanol–water partition coefficient (Wildman–Crippen LogP) is 4.14. The lowest BCUT2D eigenvalue weighted by Crippen LogP contribution is -2.31. The van der Waals surface area contributed by atoms with Gasteiger partial charge in [0.15, 0.2) is 9.84 Å². The number of benzene rings is 2. The summed E-state index contributed by atoms with van der Waals surface area (Å²) in [6, 6.07) is 15.5. The summed E-state index contributed by atoms with van der Waals surface area (Å²) >= 11 is 1.11. The Balaban J connectivity index is 1.88. The Labute approximate surface area is 161 Å². The fourth-order valence-corrected chi connectivity index (χ4v) is 5.59. The number of rotatable bonds is 6. The van der Waals surface area contributed by atoms with Crippen molar-refractivity contribution >= 4 is 27.1 Å². The Bertz CT molecular complexity index is 1030. The van der Waals surface area contributed by atoms with Gasteiger partial charge >= 0.3 is 0 Å². The summed E-state index contributed by atoms with van der Waals surface area (Å²) in [6.45, 7) is 1.76. The van der Waals surface area contributed by atoms with Crippen molar-refractivity contribution in [2.75, 3.05) is 6.54 Å². The van der Waals surface area contributed by atoms with Gasteiger partial charge < -0.3 is 5.32 Å². The molecule has 0 radical (unpaired) electrons. The Kier molecular flexibility index (Phi) is 5.72. The quantitative estimate of drug-likeness (QED) is 0.673. The van der Waals surface area contributed by atoms with Crippen molar-refractivity contribution in [1.29, 1.82) is 0 Å². The molecule has 2 aromatic carbocycles. The summed E-state index contributed by atoms with van der Waals surface area (Å²) in [6.07, 6.45) is 0. The van der Waals surface area contributed by atoms with Crippen LogP contribution in [0.5, 0.6) is 0 Å². The lowest BCUT2D eigenvalue weighted by molar-refractivity contribution is 0.0953. The highest BCUT2D eigenvalue weighted by Gasteiger charge is 2.30. The van der Waals surface area contributed by atoms with Crippen molar-refractivity contribution in [1.82, 2.24) is 5.32 Å². The number of carbonyl (C=O) groups is 1. The van der Waals surface area contributed by atoms with Crippen LogP contribution in [0.4, 0.5) is 4.39 Å². The van der Waals surface area contributed by atoms with Gasteiger partial charge in [0.25, 0.3) is 5.91 Å². The minimum atomic E-state index is -3.73. The van der Waals surface area contributed by atoms with E-state index in [1.54, 1.807) is 29.6 Å². The van der Waals surface area contributed by atoms with Crippen LogP contribution in [0.25, 0.3) is 0 Å². The number of halogens is 1. The van der Waals surface area contributed by atoms with Crippen LogP contribution in [0.3, 0.4) is 0 Å². The fourth-order valence-electron chi connectivity index (χ4n) is 2.72. The third-order valence-electron chi connectivity index (χ3n) is 4.12. The van der Waals surface area contributed by atoms with E-state index in [0.29, 0.717) is 11.1 Å². The van der Waals surface area contributed by atoms with Crippen molar-refractivity contribution in [2.24, 2.45) is 0 Å². The molecule has 3 aromatic rings. The van der Waals surface area contributed by atoms with Crippen LogP contribution in [-0.2, 0) is 9.84 Å². The molecule has 1 atom stereocenters. The van der Waals surface area contributed by atoms with Crippen molar-refractivity contribution in [3.05, 3.63) is 88.6 Å². The van der Waals surface area contributed by atoms with E-state index < -0.39 is 20.9 Å². The number of sulfone groups is 1. The molecule has 0 aliphatic heterocycles. The lowest BCUT2D eigenvalue weighted by Gasteiger charge is -2.18. The van der Waals surface area contributed by atoms with Gasteiger partial charge in [0.2, 0.25) is 0 Å². The number of hydrogen-bond acceptors (Lipinski definition) is 4. The Hall–Kier alpha value is -2.51. The zero-order valence-corrected chi connectivity index (χ0v) is 16.2. The summed E-state index contributed by atoms with van der Waals surface area (Å²) in [7, 11) is -3.73. The maximum atomic E-state index is 13.3. The number of thiophene rings is 1. The molecule has 0 saturated carbocycles. The van der Waals surface area contributed by atoms with Crippen LogP contribution in [-0.4, -0.2) is 20.9 Å². The molecule has 0 bridgehead atoms. The first-order valence-corrected chi connectivity index (χ1v) is 10.7. The molecule has 0 spiro atoms. The molecule has 140 valence electrons. The second kappa shape index (κ2) is 8.02. The van der Waals surface area contributed by atoms with Gasteiger partial charge in [0.1, 0.15) is 15.3 Å². The molecular weight excluding hydrogens is 385 g/mol. The highest BCUT2D eigenvalue weighted by molar-refractivity contribution is 7.93. The summed E-state index contributed by atoms with van der Waals surface area (Å²) in [5, 5.41) is 3.37. The van der Waals surface area contributed by atoms with Gasteiger partial charge in [-0.25, -0.2) is 12.8 Å². The van der Waals surface area contributed by atoms with Crippen molar-refractivity contribution < 1.29 is 17.6 Å². The smallest absolute Gasteiger partial charge is 0.251 e. The number of nitrogens with one attached hydrogen (secondary N) is 1. The van der Waals surface area contributed by atoms with Crippen LogP contribution in [0.2, 0.25) is 0 Å². The van der Waals surface area contributed by atoms with Crippen LogP contribution < -0.4 is 5.32 Å². The number of aryl methyl sites for hydroxylation is 1. The van der Waals surface area contributed by atoms with Gasteiger partial charge in [0.05, 0.1) is 0 Å². The Morgan fingerprint density at radius 2 is 1.85 bits per heavy atom. The van der Waals surface area contributed by atoms with Crippen LogP contribution in [0, 0.1) is 12.7 Å². The first-order chi connectivity index (χ1) is 12.9. The average molecular weight is 404 g/mol. The second-order valence-corrected chi connectivity index (χ2v) is 9.40. The van der Waals surface area contributed by atoms with Gasteiger partial charge in [-0.05, 0) is 48.2 Å². The minimum Gasteiger partial charge on any atom is -0.350 e. The molecule has 0 aliphatic carbocycles. The molecule has 1 heterocycles. The molecule has 1 amide bonds. The zero-order valence-electron chi connectivity index (χ0n) is 14.6. The third-order valence-corrected chi connectivity index (χ3v) is 7.65. The second-order valence-electron chi connectivity index (χ2n) is 6.10. The van der Waals surface area contributed by atoms with Crippen LogP contribution in [0.15, 0.2) is 70.3 Å². The number of hydrogen-bond donors (Lipinski definition) is 1. The van der Waals surface area contributed by atoms with Crippen molar-refractivity contribution in [2.45, 2.75) is 16.4 Å². The highest BCUT2D eigenvalue weighted by Crippen LogP contribution is 2.31. The van der Waals surface area contributed by atoms with E-state index >= 15 is 0 Å². The number of carbonyl (C=O) groups excluding carboxylic acids is 1. The van der Waals surface area contributed by atoms with E-state index in [4.69, 9.17) is 0 Å². The predicted molar refractivity (Wildman–Crippen MR) is 104 cm³/mol. The van der Waals surface area contributed by atoms with Gasteiger partial charge in [-0.2, -0.15) is 0 Å². The maximum Gasteiger partial charge on any atom is 0.251 e. The molecule has 1 N–H and O–H groups in total. The highest BCUT2D eigenvalue weighted by atomic mass is 32.2. The van der Waals surface area contributed by atoms with Gasteiger partial charge in [0, 0.05) is 12.1 Å². The van der Waals surface area contributed by atoms with E-state index in [-0.39, 0.29) is 16.7 Å². The molecule has 0 unspecified atom stereocenters. The summed E-state index contributed by atoms with van der Waals surface area (Å²) in [4.78, 5) is 12.4. The molecule has 3 rings (SSSR count). The van der Waals surface area contributed by atoms with Crippen LogP contribution in [0.1, 0.15) is 26.7 Å². The lowest BCUT2D eigenvalue weighted by atomic mass is 10.1. The first kappa shape index (κ1) is 19.3. The molecule has 7 heteroatoms. The monoisotopic (exact) mass is 403 g/mol. The van der Waals surface area contributed by atoms with Crippen LogP contribution >= 0.6 is 11.3 Å². The number of amides is 1. The fraction of sp³-hybridized carbons (Fsp3) is 0.150. The van der Waals surface area contributed by atoms with Crippen molar-refractivity contribution in [3.8, 4) is 0 Å². The average Bonchev–Trinajstić information content (AvgIpc) is 3.18.